The van der Waals surface area contributed by atoms with Crippen LogP contribution >= 0.6 is 0 Å². The van der Waals surface area contributed by atoms with Gasteiger partial charge in [0, 0.05) is 12.5 Å². The Labute approximate surface area is 111 Å². The first-order chi connectivity index (χ1) is 9.10. The van der Waals surface area contributed by atoms with E-state index in [0.717, 1.165) is 18.4 Å². The molecule has 2 rings (SSSR count). The number of aliphatic hydroxyl groups excluding tert-OH is 1. The molecule has 5 heteroatoms. The summed E-state index contributed by atoms with van der Waals surface area (Å²) in [5, 5.41) is 17.6. The Kier molecular flexibility index (Phi) is 4.27. The van der Waals surface area contributed by atoms with Crippen molar-refractivity contribution >= 4 is 0 Å². The lowest BCUT2D eigenvalue weighted by Crippen LogP contribution is -2.05. The third-order valence-electron chi connectivity index (χ3n) is 2.89. The number of halogens is 1. The number of aryl methyl sites for hydroxylation is 2. The zero-order valence-electron chi connectivity index (χ0n) is 11.1. The molecule has 102 valence electrons. The molecule has 1 aromatic heterocycles. The molecule has 0 amide bonds. The Hall–Kier alpha value is -1.75. The predicted octanol–water partition coefficient (Wildman–Crippen LogP) is 2.75. The maximum Gasteiger partial charge on any atom is 0.219 e. The van der Waals surface area contributed by atoms with Gasteiger partial charge in [-0.05, 0) is 18.1 Å². The Bertz CT molecular complexity index is 554. The van der Waals surface area contributed by atoms with Crippen molar-refractivity contribution in [2.24, 2.45) is 0 Å². The molecular weight excluding hydrogens is 247 g/mol. The monoisotopic (exact) mass is 264 g/mol. The van der Waals surface area contributed by atoms with E-state index in [2.05, 4.69) is 17.1 Å². The summed E-state index contributed by atoms with van der Waals surface area (Å²) in [6, 6.07) is 4.83. The van der Waals surface area contributed by atoms with Crippen molar-refractivity contribution in [3.8, 4) is 0 Å². The molecule has 1 atom stereocenters. The lowest BCUT2D eigenvalue weighted by Gasteiger charge is -2.11. The summed E-state index contributed by atoms with van der Waals surface area (Å²) in [4.78, 5) is 0. The summed E-state index contributed by atoms with van der Waals surface area (Å²) in [6.45, 7) is 3.73. The van der Waals surface area contributed by atoms with Gasteiger partial charge in [-0.3, -0.25) is 0 Å². The molecule has 0 spiro atoms. The van der Waals surface area contributed by atoms with Crippen LogP contribution in [0.4, 0.5) is 4.39 Å². The van der Waals surface area contributed by atoms with Gasteiger partial charge in [0.05, 0.1) is 12.5 Å². The molecule has 0 radical (unpaired) electrons. The number of aliphatic hydroxyl groups is 1. The van der Waals surface area contributed by atoms with Crippen molar-refractivity contribution in [1.82, 2.24) is 10.2 Å². The van der Waals surface area contributed by atoms with Crippen molar-refractivity contribution in [3.63, 3.8) is 0 Å². The van der Waals surface area contributed by atoms with E-state index in [9.17, 15) is 9.50 Å². The van der Waals surface area contributed by atoms with Gasteiger partial charge in [0.15, 0.2) is 0 Å². The number of benzene rings is 1. The fourth-order valence-electron chi connectivity index (χ4n) is 1.99. The molecule has 0 aliphatic heterocycles. The quantitative estimate of drug-likeness (QED) is 0.902. The largest absolute Gasteiger partial charge is 0.425 e. The molecule has 1 N–H and O–H groups in total. The van der Waals surface area contributed by atoms with Gasteiger partial charge in [0.1, 0.15) is 5.82 Å². The van der Waals surface area contributed by atoms with Crippen LogP contribution in [-0.2, 0) is 12.8 Å². The third kappa shape index (κ3) is 3.38. The maximum absolute atomic E-state index is 13.7. The smallest absolute Gasteiger partial charge is 0.219 e. The fraction of sp³-hybridized carbons (Fsp3) is 0.429. The second-order valence-corrected chi connectivity index (χ2v) is 4.54. The fourth-order valence-corrected chi connectivity index (χ4v) is 1.99. The molecule has 4 nitrogen and oxygen atoms in total. The van der Waals surface area contributed by atoms with Crippen LogP contribution < -0.4 is 0 Å². The number of nitrogens with zero attached hydrogens (tertiary/aromatic N) is 2. The highest BCUT2D eigenvalue weighted by Gasteiger charge is 2.17. The molecule has 1 aromatic carbocycles. The molecule has 1 unspecified atom stereocenters. The minimum Gasteiger partial charge on any atom is -0.425 e. The molecule has 0 saturated carbocycles. The zero-order valence-corrected chi connectivity index (χ0v) is 11.1. The lowest BCUT2D eigenvalue weighted by atomic mass is 10.0. The van der Waals surface area contributed by atoms with E-state index in [1.54, 1.807) is 19.1 Å². The first kappa shape index (κ1) is 13.7. The summed E-state index contributed by atoms with van der Waals surface area (Å²) in [6.07, 6.45) is 0.980. The van der Waals surface area contributed by atoms with Gasteiger partial charge in [-0.25, -0.2) is 4.39 Å². The van der Waals surface area contributed by atoms with Gasteiger partial charge < -0.3 is 9.52 Å². The van der Waals surface area contributed by atoms with Crippen LogP contribution in [0, 0.1) is 12.7 Å². The van der Waals surface area contributed by atoms with Gasteiger partial charge in [0.25, 0.3) is 0 Å². The number of rotatable bonds is 5. The number of hydrogen-bond donors (Lipinski definition) is 1. The maximum atomic E-state index is 13.7. The van der Waals surface area contributed by atoms with E-state index in [4.69, 9.17) is 4.42 Å². The topological polar surface area (TPSA) is 59.2 Å². The molecule has 0 aliphatic rings. The predicted molar refractivity (Wildman–Crippen MR) is 68.1 cm³/mol. The molecule has 0 fully saturated rings. The minimum atomic E-state index is -0.975. The van der Waals surface area contributed by atoms with Gasteiger partial charge in [0.2, 0.25) is 11.8 Å². The minimum absolute atomic E-state index is 0.118. The Morgan fingerprint density at radius 3 is 2.79 bits per heavy atom. The van der Waals surface area contributed by atoms with Crippen LogP contribution in [0.2, 0.25) is 0 Å². The molecular formula is C14H17FN2O2. The molecule has 0 bridgehead atoms. The van der Waals surface area contributed by atoms with E-state index in [1.807, 2.05) is 0 Å². The average Bonchev–Trinajstić information content (AvgIpc) is 2.77. The van der Waals surface area contributed by atoms with E-state index < -0.39 is 11.9 Å². The van der Waals surface area contributed by atoms with Crippen LogP contribution in [0.1, 0.15) is 42.4 Å². The Morgan fingerprint density at radius 2 is 2.16 bits per heavy atom. The van der Waals surface area contributed by atoms with E-state index in [1.165, 1.54) is 6.07 Å². The molecule has 0 saturated heterocycles. The van der Waals surface area contributed by atoms with Gasteiger partial charge in [-0.2, -0.15) is 0 Å². The average molecular weight is 264 g/mol. The third-order valence-corrected chi connectivity index (χ3v) is 2.89. The highest BCUT2D eigenvalue weighted by atomic mass is 19.1. The molecule has 1 heterocycles. The van der Waals surface area contributed by atoms with Crippen LogP contribution in [-0.4, -0.2) is 15.3 Å². The molecule has 19 heavy (non-hydrogen) atoms. The van der Waals surface area contributed by atoms with Gasteiger partial charge in [-0.15, -0.1) is 10.2 Å². The second kappa shape index (κ2) is 5.93. The van der Waals surface area contributed by atoms with E-state index in [0.29, 0.717) is 11.8 Å². The molecule has 2 aromatic rings. The Balaban J connectivity index is 2.17. The van der Waals surface area contributed by atoms with Gasteiger partial charge in [-0.1, -0.05) is 25.5 Å². The van der Waals surface area contributed by atoms with Crippen LogP contribution in [0.3, 0.4) is 0 Å². The highest BCUT2D eigenvalue weighted by Crippen LogP contribution is 2.22. The van der Waals surface area contributed by atoms with Crippen molar-refractivity contribution < 1.29 is 13.9 Å². The van der Waals surface area contributed by atoms with Crippen molar-refractivity contribution in [3.05, 3.63) is 46.9 Å². The van der Waals surface area contributed by atoms with E-state index >= 15 is 0 Å². The normalized spacial score (nSPS) is 12.6. The first-order valence-corrected chi connectivity index (χ1v) is 6.35. The summed E-state index contributed by atoms with van der Waals surface area (Å²) in [5.74, 6) is 0.330. The lowest BCUT2D eigenvalue weighted by molar-refractivity contribution is 0.163. The summed E-state index contributed by atoms with van der Waals surface area (Å²) in [5.41, 5.74) is 1.29. The van der Waals surface area contributed by atoms with Crippen molar-refractivity contribution in [2.45, 2.75) is 39.2 Å². The second-order valence-electron chi connectivity index (χ2n) is 4.54. The van der Waals surface area contributed by atoms with Crippen molar-refractivity contribution in [2.75, 3.05) is 0 Å². The van der Waals surface area contributed by atoms with E-state index in [-0.39, 0.29) is 12.0 Å². The number of aromatic nitrogens is 2. The van der Waals surface area contributed by atoms with Crippen LogP contribution in [0.5, 0.6) is 0 Å². The van der Waals surface area contributed by atoms with Crippen LogP contribution in [0.25, 0.3) is 0 Å². The first-order valence-electron chi connectivity index (χ1n) is 6.35. The Morgan fingerprint density at radius 1 is 1.37 bits per heavy atom. The summed E-state index contributed by atoms with van der Waals surface area (Å²) < 4.78 is 18.9. The zero-order chi connectivity index (χ0) is 13.8. The SMILES string of the molecule is CCCc1ccc(F)c(C(O)Cc2nnc(C)o2)c1. The van der Waals surface area contributed by atoms with Crippen molar-refractivity contribution in [1.29, 1.82) is 0 Å². The highest BCUT2D eigenvalue weighted by molar-refractivity contribution is 5.27. The van der Waals surface area contributed by atoms with Gasteiger partial charge >= 0.3 is 0 Å². The summed E-state index contributed by atoms with van der Waals surface area (Å²) in [7, 11) is 0. The standard InChI is InChI=1S/C14H17FN2O2/c1-3-4-10-5-6-12(15)11(7-10)13(18)8-14-17-16-9(2)19-14/h5-7,13,18H,3-4,8H2,1-2H3. The summed E-state index contributed by atoms with van der Waals surface area (Å²) >= 11 is 0. The van der Waals surface area contributed by atoms with Crippen LogP contribution in [0.15, 0.2) is 22.6 Å². The molecule has 0 aliphatic carbocycles. The number of hydrogen-bond acceptors (Lipinski definition) is 4.